The van der Waals surface area contributed by atoms with Gasteiger partial charge in [0.1, 0.15) is 0 Å². The minimum atomic E-state index is -0.443. The van der Waals surface area contributed by atoms with Gasteiger partial charge in [0.05, 0.1) is 12.7 Å². The van der Waals surface area contributed by atoms with Crippen LogP contribution in [0.3, 0.4) is 0 Å². The average molecular weight is 347 g/mol. The van der Waals surface area contributed by atoms with Gasteiger partial charge in [-0.05, 0) is 62.8 Å². The predicted octanol–water partition coefficient (Wildman–Crippen LogP) is 3.16. The van der Waals surface area contributed by atoms with Crippen LogP contribution in [0.5, 0.6) is 0 Å². The van der Waals surface area contributed by atoms with Crippen molar-refractivity contribution in [3.63, 3.8) is 0 Å². The van der Waals surface area contributed by atoms with Crippen molar-refractivity contribution in [1.82, 2.24) is 4.90 Å². The van der Waals surface area contributed by atoms with E-state index in [0.717, 1.165) is 42.6 Å². The van der Waals surface area contributed by atoms with Crippen molar-refractivity contribution >= 4 is 5.78 Å². The molecule has 140 valence electrons. The second kappa shape index (κ2) is 7.98. The number of benzene rings is 1. The Kier molecular flexibility index (Phi) is 6.41. The third-order valence-corrected chi connectivity index (χ3v) is 5.89. The molecule has 1 heterocycles. The van der Waals surface area contributed by atoms with E-state index in [4.69, 9.17) is 0 Å². The Balaban J connectivity index is 2.31. The van der Waals surface area contributed by atoms with Crippen LogP contribution in [0.2, 0.25) is 0 Å². The Labute approximate surface area is 151 Å². The topological polar surface area (TPSA) is 60.8 Å². The number of piperidine rings is 1. The molecule has 0 bridgehead atoms. The molecule has 2 atom stereocenters. The molecule has 1 fully saturated rings. The first-order valence-electron chi connectivity index (χ1n) is 9.37. The average Bonchev–Trinajstić information content (AvgIpc) is 2.54. The van der Waals surface area contributed by atoms with Crippen molar-refractivity contribution in [2.45, 2.75) is 66.5 Å². The molecule has 4 nitrogen and oxygen atoms in total. The molecule has 4 heteroatoms. The Hall–Kier alpha value is -1.23. The molecular formula is C21H33NO3. The number of carbonyl (C=O) groups is 1. The number of likely N-dealkylation sites (tertiary alicyclic amines) is 1. The zero-order valence-corrected chi connectivity index (χ0v) is 16.4. The third-order valence-electron chi connectivity index (χ3n) is 5.89. The number of hydrogen-bond acceptors (Lipinski definition) is 4. The van der Waals surface area contributed by atoms with Crippen LogP contribution in [0.4, 0.5) is 0 Å². The van der Waals surface area contributed by atoms with Crippen molar-refractivity contribution in [3.05, 3.63) is 33.9 Å². The predicted molar refractivity (Wildman–Crippen MR) is 101 cm³/mol. The first-order valence-corrected chi connectivity index (χ1v) is 9.37. The molecule has 25 heavy (non-hydrogen) atoms. The van der Waals surface area contributed by atoms with Gasteiger partial charge in [-0.1, -0.05) is 19.4 Å². The van der Waals surface area contributed by atoms with Crippen LogP contribution in [0.15, 0.2) is 6.07 Å². The highest BCUT2D eigenvalue weighted by Crippen LogP contribution is 2.36. The fourth-order valence-electron chi connectivity index (χ4n) is 4.59. The van der Waals surface area contributed by atoms with Crippen molar-refractivity contribution < 1.29 is 15.0 Å². The van der Waals surface area contributed by atoms with Gasteiger partial charge in [0.2, 0.25) is 0 Å². The number of aryl methyl sites for hydroxylation is 2. The summed E-state index contributed by atoms with van der Waals surface area (Å²) in [6, 6.07) is 2.10. The van der Waals surface area contributed by atoms with Crippen molar-refractivity contribution in [2.75, 3.05) is 19.7 Å². The summed E-state index contributed by atoms with van der Waals surface area (Å²) < 4.78 is 0. The zero-order valence-electron chi connectivity index (χ0n) is 16.4. The highest BCUT2D eigenvalue weighted by molar-refractivity contribution is 5.97. The van der Waals surface area contributed by atoms with E-state index in [0.29, 0.717) is 13.0 Å². The number of Topliss-reactive ketones (excluding diaryl/α,β-unsaturated/α-hetero) is 1. The van der Waals surface area contributed by atoms with E-state index in [-0.39, 0.29) is 12.4 Å². The van der Waals surface area contributed by atoms with Gasteiger partial charge in [-0.3, -0.25) is 9.69 Å². The fraction of sp³-hybridized carbons (Fsp3) is 0.667. The lowest BCUT2D eigenvalue weighted by molar-refractivity contribution is -0.0820. The first-order chi connectivity index (χ1) is 11.8. The summed E-state index contributed by atoms with van der Waals surface area (Å²) in [6.45, 7) is 12.1. The number of carbonyl (C=O) groups excluding carboxylic acids is 1. The molecule has 0 saturated carbocycles. The maximum atomic E-state index is 12.0. The van der Waals surface area contributed by atoms with E-state index < -0.39 is 11.5 Å². The zero-order chi connectivity index (χ0) is 18.8. The molecule has 1 aromatic carbocycles. The molecule has 0 aromatic heterocycles. The molecule has 0 spiro atoms. The second-order valence-electron chi connectivity index (χ2n) is 7.83. The number of hydrogen-bond donors (Lipinski definition) is 2. The summed E-state index contributed by atoms with van der Waals surface area (Å²) in [7, 11) is 0. The summed E-state index contributed by atoms with van der Waals surface area (Å²) in [6.07, 6.45) is 2.01. The van der Waals surface area contributed by atoms with Crippen molar-refractivity contribution in [3.8, 4) is 0 Å². The van der Waals surface area contributed by atoms with Gasteiger partial charge in [-0.2, -0.15) is 0 Å². The number of nitrogens with zero attached hydrogens (tertiary/aromatic N) is 1. The number of aliphatic hydroxyl groups is 2. The van der Waals surface area contributed by atoms with Gasteiger partial charge in [-0.15, -0.1) is 0 Å². The summed E-state index contributed by atoms with van der Waals surface area (Å²) in [5.41, 5.74) is 4.92. The summed E-state index contributed by atoms with van der Waals surface area (Å²) in [4.78, 5) is 14.4. The van der Waals surface area contributed by atoms with Crippen LogP contribution in [-0.2, 0) is 6.54 Å². The summed E-state index contributed by atoms with van der Waals surface area (Å²) in [5, 5.41) is 20.4. The number of rotatable bonds is 6. The lowest BCUT2D eigenvalue weighted by Gasteiger charge is -2.45. The van der Waals surface area contributed by atoms with Crippen LogP contribution >= 0.6 is 0 Å². The Morgan fingerprint density at radius 2 is 2.00 bits per heavy atom. The first kappa shape index (κ1) is 20.1. The molecule has 0 unspecified atom stereocenters. The normalized spacial score (nSPS) is 24.5. The van der Waals surface area contributed by atoms with Crippen LogP contribution in [0.1, 0.15) is 65.7 Å². The van der Waals surface area contributed by atoms with Crippen LogP contribution in [-0.4, -0.2) is 46.7 Å². The molecule has 2 rings (SSSR count). The summed E-state index contributed by atoms with van der Waals surface area (Å²) >= 11 is 0. The van der Waals surface area contributed by atoms with E-state index in [1.165, 1.54) is 11.1 Å². The molecule has 2 N–H and O–H groups in total. The van der Waals surface area contributed by atoms with E-state index in [1.807, 2.05) is 13.8 Å². The second-order valence-corrected chi connectivity index (χ2v) is 7.83. The Morgan fingerprint density at radius 3 is 2.56 bits per heavy atom. The minimum absolute atomic E-state index is 0.0169. The Bertz CT molecular complexity index is 641. The molecule has 0 aliphatic carbocycles. The quantitative estimate of drug-likeness (QED) is 0.776. The molecule has 1 aromatic rings. The smallest absolute Gasteiger partial charge is 0.160 e. The lowest BCUT2D eigenvalue weighted by Crippen LogP contribution is -2.53. The van der Waals surface area contributed by atoms with Crippen LogP contribution < -0.4 is 0 Å². The van der Waals surface area contributed by atoms with E-state index in [9.17, 15) is 15.0 Å². The van der Waals surface area contributed by atoms with Gasteiger partial charge in [0.25, 0.3) is 0 Å². The highest BCUT2D eigenvalue weighted by Gasteiger charge is 2.41. The van der Waals surface area contributed by atoms with Crippen molar-refractivity contribution in [1.29, 1.82) is 0 Å². The monoisotopic (exact) mass is 347 g/mol. The van der Waals surface area contributed by atoms with Gasteiger partial charge >= 0.3 is 0 Å². The molecule has 0 radical (unpaired) electrons. The fourth-order valence-corrected chi connectivity index (χ4v) is 4.59. The maximum absolute atomic E-state index is 12.0. The third kappa shape index (κ3) is 3.97. The molecule has 1 aliphatic rings. The van der Waals surface area contributed by atoms with E-state index in [2.05, 4.69) is 24.8 Å². The minimum Gasteiger partial charge on any atom is -0.396 e. The molecular weight excluding hydrogens is 314 g/mol. The van der Waals surface area contributed by atoms with Crippen LogP contribution in [0.25, 0.3) is 0 Å². The highest BCUT2D eigenvalue weighted by atomic mass is 16.3. The lowest BCUT2D eigenvalue weighted by atomic mass is 9.74. The Morgan fingerprint density at radius 1 is 1.32 bits per heavy atom. The molecule has 1 saturated heterocycles. The van der Waals surface area contributed by atoms with E-state index in [1.54, 1.807) is 6.92 Å². The SMILES string of the molecule is CCC[C@@]1(CO)CN(Cc2c(C)cc(C)c(C(C)=O)c2C)CC[C@@H]1O. The van der Waals surface area contributed by atoms with Crippen LogP contribution in [0, 0.1) is 26.2 Å². The molecule has 0 amide bonds. The van der Waals surface area contributed by atoms with Gasteiger partial charge in [0.15, 0.2) is 5.78 Å². The standard InChI is InChI=1S/C21H33NO3/c1-6-8-21(13-23)12-22(9-7-19(21)25)11-18-14(2)10-15(3)20(16(18)4)17(5)24/h10,19,23,25H,6-9,11-13H2,1-5H3/t19-,21-/m0/s1. The number of aliphatic hydroxyl groups excluding tert-OH is 2. The van der Waals surface area contributed by atoms with E-state index >= 15 is 0 Å². The van der Waals surface area contributed by atoms with Gasteiger partial charge in [0, 0.05) is 30.6 Å². The number of ketones is 1. The summed E-state index contributed by atoms with van der Waals surface area (Å²) in [5.74, 6) is 0.112. The molecule has 1 aliphatic heterocycles. The van der Waals surface area contributed by atoms with Gasteiger partial charge in [-0.25, -0.2) is 0 Å². The maximum Gasteiger partial charge on any atom is 0.160 e. The van der Waals surface area contributed by atoms with Gasteiger partial charge < -0.3 is 10.2 Å². The largest absolute Gasteiger partial charge is 0.396 e. The van der Waals surface area contributed by atoms with Crippen molar-refractivity contribution in [2.24, 2.45) is 5.41 Å².